The van der Waals surface area contributed by atoms with Crippen LogP contribution in [0.15, 0.2) is 6.20 Å². The Bertz CT molecular complexity index is 661. The highest BCUT2D eigenvalue weighted by Gasteiger charge is 2.14. The summed E-state index contributed by atoms with van der Waals surface area (Å²) in [7, 11) is 1.94. The third kappa shape index (κ3) is 4.07. The fourth-order valence-corrected chi connectivity index (χ4v) is 3.13. The maximum atomic E-state index is 11.9. The van der Waals surface area contributed by atoms with Gasteiger partial charge in [-0.05, 0) is 39.7 Å². The maximum Gasteiger partial charge on any atom is 0.315 e. The summed E-state index contributed by atoms with van der Waals surface area (Å²) >= 11 is 1.59. The number of thiazole rings is 1. The molecule has 7 heteroatoms. The van der Waals surface area contributed by atoms with E-state index >= 15 is 0 Å². The number of carbonyl (C=O) groups is 1. The molecule has 120 valence electrons. The van der Waals surface area contributed by atoms with Crippen LogP contribution in [0.2, 0.25) is 0 Å². The van der Waals surface area contributed by atoms with Crippen molar-refractivity contribution in [2.75, 3.05) is 0 Å². The Morgan fingerprint density at radius 2 is 2.14 bits per heavy atom. The summed E-state index contributed by atoms with van der Waals surface area (Å²) < 4.78 is 1.88. The van der Waals surface area contributed by atoms with E-state index in [1.807, 2.05) is 39.4 Å². The molecule has 0 spiro atoms. The monoisotopic (exact) mass is 321 g/mol. The lowest BCUT2D eigenvalue weighted by Gasteiger charge is -2.14. The van der Waals surface area contributed by atoms with Crippen LogP contribution in [0, 0.1) is 20.8 Å². The van der Waals surface area contributed by atoms with E-state index in [2.05, 4.69) is 20.7 Å². The minimum absolute atomic E-state index is 0.0461. The van der Waals surface area contributed by atoms with Crippen LogP contribution >= 0.6 is 11.3 Å². The SMILES string of the molecule is Cc1ncc(CNC(=O)N[C@H](C)Cc2c(C)nn(C)c2C)s1. The van der Waals surface area contributed by atoms with Crippen molar-refractivity contribution in [2.24, 2.45) is 7.05 Å². The molecule has 0 saturated heterocycles. The van der Waals surface area contributed by atoms with Crippen LogP contribution in [0.5, 0.6) is 0 Å². The van der Waals surface area contributed by atoms with Gasteiger partial charge in [0.05, 0.1) is 17.2 Å². The number of hydrogen-bond acceptors (Lipinski definition) is 4. The molecule has 2 rings (SSSR count). The van der Waals surface area contributed by atoms with Crippen molar-refractivity contribution in [3.63, 3.8) is 0 Å². The molecule has 0 aliphatic rings. The van der Waals surface area contributed by atoms with E-state index in [1.54, 1.807) is 17.5 Å². The van der Waals surface area contributed by atoms with Gasteiger partial charge < -0.3 is 10.6 Å². The second-order valence-electron chi connectivity index (χ2n) is 5.55. The van der Waals surface area contributed by atoms with Gasteiger partial charge in [-0.1, -0.05) is 0 Å². The molecule has 0 aromatic carbocycles. The Hall–Kier alpha value is -1.89. The van der Waals surface area contributed by atoms with E-state index in [0.29, 0.717) is 6.54 Å². The summed E-state index contributed by atoms with van der Waals surface area (Å²) in [4.78, 5) is 17.2. The van der Waals surface area contributed by atoms with Crippen molar-refractivity contribution in [3.05, 3.63) is 33.0 Å². The fraction of sp³-hybridized carbons (Fsp3) is 0.533. The molecule has 0 aliphatic carbocycles. The van der Waals surface area contributed by atoms with Gasteiger partial charge in [-0.25, -0.2) is 9.78 Å². The zero-order valence-electron chi connectivity index (χ0n) is 13.7. The predicted molar refractivity (Wildman–Crippen MR) is 88.1 cm³/mol. The Kier molecular flexibility index (Phi) is 5.18. The molecule has 2 aromatic heterocycles. The van der Waals surface area contributed by atoms with Crippen LogP contribution in [-0.2, 0) is 20.0 Å². The Morgan fingerprint density at radius 3 is 2.68 bits per heavy atom. The quantitative estimate of drug-likeness (QED) is 0.887. The zero-order valence-corrected chi connectivity index (χ0v) is 14.5. The number of carbonyl (C=O) groups excluding carboxylic acids is 1. The number of urea groups is 1. The molecule has 0 aliphatic heterocycles. The Labute approximate surface area is 135 Å². The number of aromatic nitrogens is 3. The number of hydrogen-bond donors (Lipinski definition) is 2. The predicted octanol–water partition coefficient (Wildman–Crippen LogP) is 2.23. The first kappa shape index (κ1) is 16.5. The van der Waals surface area contributed by atoms with Gasteiger partial charge in [0.2, 0.25) is 0 Å². The molecule has 6 nitrogen and oxygen atoms in total. The fourth-order valence-electron chi connectivity index (χ4n) is 2.40. The standard InChI is InChI=1S/C15H23N5OS/c1-9(6-14-10(2)19-20(5)11(14)3)18-15(21)17-8-13-7-16-12(4)22-13/h7,9H,6,8H2,1-5H3,(H2,17,18,21)/t9-/m1/s1. The van der Waals surface area contributed by atoms with Gasteiger partial charge in [0.1, 0.15) is 0 Å². The van der Waals surface area contributed by atoms with Crippen molar-refractivity contribution in [3.8, 4) is 0 Å². The first-order valence-corrected chi connectivity index (χ1v) is 8.13. The summed E-state index contributed by atoms with van der Waals surface area (Å²) in [5.41, 5.74) is 3.37. The topological polar surface area (TPSA) is 71.8 Å². The van der Waals surface area contributed by atoms with Crippen LogP contribution < -0.4 is 10.6 Å². The van der Waals surface area contributed by atoms with Crippen LogP contribution in [-0.4, -0.2) is 26.8 Å². The average molecular weight is 321 g/mol. The highest BCUT2D eigenvalue weighted by atomic mass is 32.1. The number of nitrogens with zero attached hydrogens (tertiary/aromatic N) is 3. The van der Waals surface area contributed by atoms with Crippen molar-refractivity contribution in [1.82, 2.24) is 25.4 Å². The van der Waals surface area contributed by atoms with Crippen molar-refractivity contribution >= 4 is 17.4 Å². The summed E-state index contributed by atoms with van der Waals surface area (Å²) in [6.45, 7) is 8.52. The molecule has 0 fully saturated rings. The minimum Gasteiger partial charge on any atom is -0.335 e. The molecule has 0 saturated carbocycles. The molecule has 0 bridgehead atoms. The van der Waals surface area contributed by atoms with Crippen LogP contribution in [0.4, 0.5) is 4.79 Å². The van der Waals surface area contributed by atoms with Crippen LogP contribution in [0.25, 0.3) is 0 Å². The Balaban J connectivity index is 1.83. The summed E-state index contributed by atoms with van der Waals surface area (Å²) in [6, 6.07) is -0.109. The second-order valence-corrected chi connectivity index (χ2v) is 6.87. The van der Waals surface area contributed by atoms with Crippen LogP contribution in [0.3, 0.4) is 0 Å². The van der Waals surface area contributed by atoms with E-state index in [9.17, 15) is 4.79 Å². The van der Waals surface area contributed by atoms with Gasteiger partial charge in [0.15, 0.2) is 0 Å². The van der Waals surface area contributed by atoms with Gasteiger partial charge >= 0.3 is 6.03 Å². The smallest absolute Gasteiger partial charge is 0.315 e. The number of amides is 2. The lowest BCUT2D eigenvalue weighted by Crippen LogP contribution is -2.41. The largest absolute Gasteiger partial charge is 0.335 e. The third-order valence-electron chi connectivity index (χ3n) is 3.64. The zero-order chi connectivity index (χ0) is 16.3. The van der Waals surface area contributed by atoms with E-state index in [-0.39, 0.29) is 12.1 Å². The van der Waals surface area contributed by atoms with E-state index in [0.717, 1.165) is 27.7 Å². The lowest BCUT2D eigenvalue weighted by atomic mass is 10.1. The summed E-state index contributed by atoms with van der Waals surface area (Å²) in [6.07, 6.45) is 2.57. The molecule has 0 unspecified atom stereocenters. The molecule has 22 heavy (non-hydrogen) atoms. The summed E-state index contributed by atoms with van der Waals surface area (Å²) in [5, 5.41) is 11.2. The molecular formula is C15H23N5OS. The maximum absolute atomic E-state index is 11.9. The average Bonchev–Trinajstić information content (AvgIpc) is 2.96. The van der Waals surface area contributed by atoms with Crippen molar-refractivity contribution in [1.29, 1.82) is 0 Å². The highest BCUT2D eigenvalue weighted by Crippen LogP contribution is 2.14. The third-order valence-corrected chi connectivity index (χ3v) is 4.55. The first-order chi connectivity index (χ1) is 10.4. The molecule has 1 atom stereocenters. The van der Waals surface area contributed by atoms with Gasteiger partial charge in [-0.3, -0.25) is 4.68 Å². The molecule has 0 radical (unpaired) electrons. The van der Waals surface area contributed by atoms with Gasteiger partial charge in [-0.2, -0.15) is 5.10 Å². The highest BCUT2D eigenvalue weighted by molar-refractivity contribution is 7.11. The van der Waals surface area contributed by atoms with Gasteiger partial charge in [0.25, 0.3) is 0 Å². The molecule has 2 N–H and O–H groups in total. The van der Waals surface area contributed by atoms with Gasteiger partial charge in [0, 0.05) is 29.9 Å². The molecule has 2 heterocycles. The van der Waals surface area contributed by atoms with E-state index < -0.39 is 0 Å². The van der Waals surface area contributed by atoms with Crippen molar-refractivity contribution < 1.29 is 4.79 Å². The molecule has 2 aromatic rings. The number of nitrogens with one attached hydrogen (secondary N) is 2. The first-order valence-electron chi connectivity index (χ1n) is 7.31. The van der Waals surface area contributed by atoms with E-state index in [4.69, 9.17) is 0 Å². The second kappa shape index (κ2) is 6.91. The molecule has 2 amide bonds. The van der Waals surface area contributed by atoms with Gasteiger partial charge in [-0.15, -0.1) is 11.3 Å². The van der Waals surface area contributed by atoms with Crippen LogP contribution in [0.1, 0.15) is 33.8 Å². The summed E-state index contributed by atoms with van der Waals surface area (Å²) in [5.74, 6) is 0. The Morgan fingerprint density at radius 1 is 1.41 bits per heavy atom. The normalized spacial score (nSPS) is 12.2. The number of aryl methyl sites for hydroxylation is 3. The minimum atomic E-state index is -0.155. The molecular weight excluding hydrogens is 298 g/mol. The lowest BCUT2D eigenvalue weighted by molar-refractivity contribution is 0.237. The number of rotatable bonds is 5. The van der Waals surface area contributed by atoms with E-state index in [1.165, 1.54) is 5.56 Å². The van der Waals surface area contributed by atoms with Crippen molar-refractivity contribution in [2.45, 2.75) is 46.7 Å².